The molecule has 1 rings (SSSR count). The molecule has 0 saturated carbocycles. The van der Waals surface area contributed by atoms with Crippen LogP contribution in [0.2, 0.25) is 0 Å². The maximum Gasteiger partial charge on any atom is 1.00 e. The first-order chi connectivity index (χ1) is 7.29. The molecule has 1 aromatic rings. The molecule has 0 bridgehead atoms. The third-order valence-corrected chi connectivity index (χ3v) is 2.32. The van der Waals surface area contributed by atoms with E-state index in [2.05, 4.69) is 0 Å². The maximum atomic E-state index is 11.6. The Morgan fingerprint density at radius 1 is 1.24 bits per heavy atom. The number of hydrogen-bond acceptors (Lipinski definition) is 3. The Balaban J connectivity index is 0. The van der Waals surface area contributed by atoms with Crippen LogP contribution < -0.4 is 51.4 Å². The second-order valence-corrected chi connectivity index (χ2v) is 7.60. The molecule has 0 radical (unpaired) electrons. The van der Waals surface area contributed by atoms with Gasteiger partial charge in [0.05, 0.1) is 11.1 Å². The van der Waals surface area contributed by atoms with E-state index in [0.717, 1.165) is 0 Å². The van der Waals surface area contributed by atoms with Gasteiger partial charge in [0.15, 0.2) is 0 Å². The van der Waals surface area contributed by atoms with Crippen LogP contribution in [0.15, 0.2) is 24.3 Å². The van der Waals surface area contributed by atoms with E-state index in [1.54, 1.807) is 6.07 Å². The van der Waals surface area contributed by atoms with Crippen molar-refractivity contribution in [3.63, 3.8) is 0 Å². The molecular weight excluding hydrogens is 267 g/mol. The van der Waals surface area contributed by atoms with Crippen LogP contribution in [0.4, 0.5) is 0 Å². The number of carboxylic acid groups (broad SMARTS) is 1. The Hall–Kier alpha value is 0.146. The van der Waals surface area contributed by atoms with E-state index in [9.17, 15) is 9.59 Å². The predicted molar refractivity (Wildman–Crippen MR) is 65.3 cm³/mol. The summed E-state index contributed by atoms with van der Waals surface area (Å²) in [5.74, 6) is -1.54. The van der Waals surface area contributed by atoms with Crippen molar-refractivity contribution < 1.29 is 71.7 Å². The van der Waals surface area contributed by atoms with Crippen molar-refractivity contribution >= 4 is 22.2 Å². The molecule has 4 nitrogen and oxygen atoms in total. The number of rotatable bonds is 3. The molecule has 0 aliphatic heterocycles. The molecule has 0 spiro atoms. The van der Waals surface area contributed by atoms with Crippen molar-refractivity contribution in [1.82, 2.24) is 0 Å². The van der Waals surface area contributed by atoms with Gasteiger partial charge >= 0.3 is 63.3 Å². The molecule has 17 heavy (non-hydrogen) atoms. The summed E-state index contributed by atoms with van der Waals surface area (Å²) in [6.45, 7) is 0. The first kappa shape index (κ1) is 17.1. The molecule has 1 aromatic carbocycles. The molecule has 0 unspecified atom stereocenters. The Labute approximate surface area is 146 Å². The molecule has 0 saturated heterocycles. The first-order valence-electron chi connectivity index (χ1n) is 4.55. The van der Waals surface area contributed by atoms with E-state index >= 15 is 0 Å². The summed E-state index contributed by atoms with van der Waals surface area (Å²) < 4.78 is 5.21. The molecule has 0 aromatic heterocycles. The summed E-state index contributed by atoms with van der Waals surface area (Å²) in [5.41, 5.74) is 0.348. The summed E-state index contributed by atoms with van der Waals surface area (Å²) in [6.07, 6.45) is 5.52. The Bertz CT molecular complexity index is 431. The zero-order valence-electron chi connectivity index (χ0n) is 11.4. The van der Waals surface area contributed by atoms with Crippen LogP contribution in [0.1, 0.15) is 22.1 Å². The largest absolute Gasteiger partial charge is 1.00 e. The fraction of sp³-hybridized carbons (Fsp3) is 0.273. The van der Waals surface area contributed by atoms with Crippen LogP contribution in [0.5, 0.6) is 0 Å². The number of benzene rings is 1. The van der Waals surface area contributed by atoms with Gasteiger partial charge in [0, 0.05) is 0 Å². The van der Waals surface area contributed by atoms with Gasteiger partial charge in [0.2, 0.25) is 0 Å². The van der Waals surface area contributed by atoms with E-state index in [1.165, 1.54) is 18.2 Å². The van der Waals surface area contributed by atoms with Gasteiger partial charge in [-0.1, -0.05) is 16.4 Å². The zero-order chi connectivity index (χ0) is 12.3. The minimum atomic E-state index is -1.40. The van der Waals surface area contributed by atoms with Gasteiger partial charge in [-0.25, -0.2) is 9.59 Å². The number of carbonyl (C=O) groups is 2. The molecule has 0 aliphatic rings. The summed E-state index contributed by atoms with van der Waals surface area (Å²) >= 11 is 0. The quantitative estimate of drug-likeness (QED) is 0.742. The van der Waals surface area contributed by atoms with Gasteiger partial charge in [0.25, 0.3) is 0 Å². The van der Waals surface area contributed by atoms with Crippen molar-refractivity contribution in [3.8, 4) is 0 Å². The van der Waals surface area contributed by atoms with Gasteiger partial charge in [-0.15, -0.1) is 0 Å². The summed E-state index contributed by atoms with van der Waals surface area (Å²) in [4.78, 5) is 22.4. The molecule has 0 aliphatic carbocycles. The first-order valence-corrected chi connectivity index (χ1v) is 7.33. The molecule has 0 amide bonds. The molecule has 90 valence electrons. The van der Waals surface area contributed by atoms with Crippen molar-refractivity contribution in [2.24, 2.45) is 0 Å². The third-order valence-electron chi connectivity index (χ3n) is 1.67. The van der Waals surface area contributed by atoms with Crippen LogP contribution >= 0.6 is 10.3 Å². The zero-order valence-corrected chi connectivity index (χ0v) is 14.3. The van der Waals surface area contributed by atoms with Crippen molar-refractivity contribution in [2.45, 2.75) is 0 Å². The van der Waals surface area contributed by atoms with Gasteiger partial charge in [-0.05, 0) is 37.0 Å². The number of carbonyl (C=O) groups excluding carboxylic acids is 1. The average Bonchev–Trinajstić information content (AvgIpc) is 2.15. The van der Waals surface area contributed by atoms with Crippen LogP contribution in [0.25, 0.3) is 0 Å². The van der Waals surface area contributed by atoms with Gasteiger partial charge in [-0.2, -0.15) is 0 Å². The number of hydrogen-bond donors (Lipinski definition) is 1. The SMILES string of the molecule is CS(C)(C)OC(=O)c1cccc(C(=O)O)c1.[H-].[K+]. The van der Waals surface area contributed by atoms with Gasteiger partial charge < -0.3 is 10.7 Å². The molecular formula is C11H15KO4S. The summed E-state index contributed by atoms with van der Waals surface area (Å²) in [5, 5.41) is 8.78. The number of carboxylic acids is 1. The second-order valence-electron chi connectivity index (χ2n) is 3.98. The van der Waals surface area contributed by atoms with E-state index in [1.807, 2.05) is 18.8 Å². The Morgan fingerprint density at radius 3 is 2.24 bits per heavy atom. The second kappa shape index (κ2) is 6.91. The van der Waals surface area contributed by atoms with Crippen LogP contribution in [-0.2, 0) is 4.18 Å². The Morgan fingerprint density at radius 2 is 1.76 bits per heavy atom. The molecule has 1 N–H and O–H groups in total. The summed E-state index contributed by atoms with van der Waals surface area (Å²) in [6, 6.07) is 5.82. The third kappa shape index (κ3) is 6.03. The summed E-state index contributed by atoms with van der Waals surface area (Å²) in [7, 11) is -1.40. The standard InChI is InChI=1S/C11H14O4S.K.H/c1-16(2,3)15-11(14)9-6-4-5-8(7-9)10(12)13;;/h4-7H,1-3H3,(H,12,13);;/q;+1;-1. The fourth-order valence-corrected chi connectivity index (χ4v) is 1.60. The maximum absolute atomic E-state index is 11.6. The average molecular weight is 282 g/mol. The smallest absolute Gasteiger partial charge is 1.00 e. The molecule has 0 heterocycles. The topological polar surface area (TPSA) is 63.6 Å². The Kier molecular flexibility index (Phi) is 6.97. The minimum Gasteiger partial charge on any atom is -1.00 e. The van der Waals surface area contributed by atoms with Crippen LogP contribution in [0.3, 0.4) is 0 Å². The minimum absolute atomic E-state index is 0. The van der Waals surface area contributed by atoms with E-state index in [0.29, 0.717) is 0 Å². The van der Waals surface area contributed by atoms with Gasteiger partial charge in [0.1, 0.15) is 0 Å². The normalized spacial score (nSPS) is 11.2. The van der Waals surface area contributed by atoms with E-state index in [-0.39, 0.29) is 63.9 Å². The molecule has 0 fully saturated rings. The molecule has 6 heteroatoms. The fourth-order valence-electron chi connectivity index (χ4n) is 1.05. The van der Waals surface area contributed by atoms with E-state index in [4.69, 9.17) is 9.29 Å². The van der Waals surface area contributed by atoms with Crippen molar-refractivity contribution in [1.29, 1.82) is 0 Å². The number of aromatic carboxylic acids is 1. The monoisotopic (exact) mass is 282 g/mol. The van der Waals surface area contributed by atoms with Crippen LogP contribution in [0, 0.1) is 0 Å². The van der Waals surface area contributed by atoms with Gasteiger partial charge in [-0.3, -0.25) is 0 Å². The molecule has 0 atom stereocenters. The van der Waals surface area contributed by atoms with Crippen molar-refractivity contribution in [3.05, 3.63) is 35.4 Å². The predicted octanol–water partition coefficient (Wildman–Crippen LogP) is -0.733. The van der Waals surface area contributed by atoms with Crippen molar-refractivity contribution in [2.75, 3.05) is 18.8 Å². The van der Waals surface area contributed by atoms with Crippen LogP contribution in [-0.4, -0.2) is 35.8 Å². The van der Waals surface area contributed by atoms with E-state index < -0.39 is 22.2 Å².